The summed E-state index contributed by atoms with van der Waals surface area (Å²) >= 11 is 2.34. The zero-order valence-corrected chi connectivity index (χ0v) is 11.6. The summed E-state index contributed by atoms with van der Waals surface area (Å²) in [4.78, 5) is 0. The van der Waals surface area contributed by atoms with E-state index in [2.05, 4.69) is 65.3 Å². The van der Waals surface area contributed by atoms with E-state index in [0.29, 0.717) is 0 Å². The van der Waals surface area contributed by atoms with Crippen molar-refractivity contribution in [1.29, 1.82) is 0 Å². The van der Waals surface area contributed by atoms with E-state index >= 15 is 0 Å². The van der Waals surface area contributed by atoms with Crippen LogP contribution in [0, 0.1) is 27.7 Å². The maximum atomic E-state index is 2.38. The Labute approximate surface area is 108 Å². The van der Waals surface area contributed by atoms with Gasteiger partial charge in [-0.1, -0.05) is 0 Å². The van der Waals surface area contributed by atoms with Gasteiger partial charge in [0.25, 0.3) is 0 Å². The summed E-state index contributed by atoms with van der Waals surface area (Å²) in [5.41, 5.74) is 10.4. The zero-order valence-electron chi connectivity index (χ0n) is 11.6. The molecule has 0 aromatic heterocycles. The minimum atomic E-state index is 0.211. The second kappa shape index (κ2) is 3.52. The molecular weight excluding hydrogens is 187 g/mol. The fraction of sp³-hybridized carbons (Fsp3) is 0.467. The quantitative estimate of drug-likeness (QED) is 0.567. The number of hydrogen-bond donors (Lipinski definition) is 0. The minimum absolute atomic E-state index is 0.211. The number of allylic oxidation sites excluding steroid dienone is 1. The van der Waals surface area contributed by atoms with E-state index in [1.165, 1.54) is 33.4 Å². The van der Waals surface area contributed by atoms with Crippen molar-refractivity contribution in [3.8, 4) is 0 Å². The van der Waals surface area contributed by atoms with Gasteiger partial charge in [-0.15, -0.1) is 0 Å². The van der Waals surface area contributed by atoms with Crippen LogP contribution in [0.4, 0.5) is 0 Å². The fourth-order valence-corrected chi connectivity index (χ4v) is 2.92. The first-order chi connectivity index (χ1) is 7.28. The molecule has 80 valence electrons. The van der Waals surface area contributed by atoms with Gasteiger partial charge < -0.3 is 0 Å². The molecule has 0 fully saturated rings. The predicted molar refractivity (Wildman–Crippen MR) is 72.1 cm³/mol. The predicted octanol–water partition coefficient (Wildman–Crippen LogP) is 3.72. The average Bonchev–Trinajstić information content (AvgIpc) is 2.45. The molecule has 1 aliphatic rings. The molecule has 1 heteroatoms. The van der Waals surface area contributed by atoms with E-state index in [9.17, 15) is 0 Å². The van der Waals surface area contributed by atoms with Crippen molar-refractivity contribution in [2.75, 3.05) is 0 Å². The molecule has 0 nitrogen and oxygen atoms in total. The zero-order chi connectivity index (χ0) is 12.2. The monoisotopic (exact) mass is 206 g/mol. The first-order valence-corrected chi connectivity index (χ1v) is 6.08. The second-order valence-electron chi connectivity index (χ2n) is 5.74. The topological polar surface area (TPSA) is 0 Å². The average molecular weight is 206 g/mol. The van der Waals surface area contributed by atoms with Crippen LogP contribution in [0.2, 0.25) is 0 Å². The van der Waals surface area contributed by atoms with Crippen molar-refractivity contribution < 1.29 is 0 Å². The Morgan fingerprint density at radius 1 is 0.875 bits per heavy atom. The van der Waals surface area contributed by atoms with Gasteiger partial charge in [-0.05, 0) is 0 Å². The van der Waals surface area contributed by atoms with Crippen molar-refractivity contribution in [3.63, 3.8) is 0 Å². The Kier molecular flexibility index (Phi) is 2.65. The Morgan fingerprint density at radius 3 is 1.94 bits per heavy atom. The Balaban J connectivity index is 2.89. The number of rotatable bonds is 0. The van der Waals surface area contributed by atoms with Crippen LogP contribution in [-0.2, 0) is 4.09 Å². The van der Waals surface area contributed by atoms with Crippen molar-refractivity contribution in [2.24, 2.45) is 0 Å². The van der Waals surface area contributed by atoms with Gasteiger partial charge in [0.2, 0.25) is 0 Å². The third kappa shape index (κ3) is 1.37. The Morgan fingerprint density at radius 2 is 1.38 bits per heavy atom. The molecule has 0 aliphatic heterocycles. The van der Waals surface area contributed by atoms with Crippen LogP contribution in [0.5, 0.6) is 0 Å². The third-order valence-electron chi connectivity index (χ3n) is 4.71. The summed E-state index contributed by atoms with van der Waals surface area (Å²) in [6.45, 7) is 13.6. The molecule has 0 radical (unpaired) electrons. The van der Waals surface area contributed by atoms with Gasteiger partial charge in [0, 0.05) is 0 Å². The molecule has 0 spiro atoms. The molecule has 1 atom stereocenters. The van der Waals surface area contributed by atoms with Crippen LogP contribution in [0.1, 0.15) is 47.2 Å². The fourth-order valence-electron chi connectivity index (χ4n) is 2.92. The summed E-state index contributed by atoms with van der Waals surface area (Å²) < 4.78 is 0.211. The molecule has 1 unspecified atom stereocenters. The van der Waals surface area contributed by atoms with Gasteiger partial charge in [-0.3, -0.25) is 0 Å². The van der Waals surface area contributed by atoms with E-state index in [1.807, 2.05) is 0 Å². The van der Waals surface area contributed by atoms with Crippen LogP contribution in [0.15, 0.2) is 5.57 Å². The maximum absolute atomic E-state index is 2.38. The normalized spacial score (nSPS) is 23.4. The molecule has 1 aliphatic carbocycles. The van der Waals surface area contributed by atoms with E-state index in [-0.39, 0.29) is 4.09 Å². The first-order valence-electron chi connectivity index (χ1n) is 6.08. The molecule has 0 saturated carbocycles. The van der Waals surface area contributed by atoms with Crippen molar-refractivity contribution in [2.45, 2.75) is 45.6 Å². The van der Waals surface area contributed by atoms with Gasteiger partial charge in [-0.25, -0.2) is 0 Å². The van der Waals surface area contributed by atoms with Gasteiger partial charge >= 0.3 is 108 Å². The second-order valence-corrected chi connectivity index (χ2v) is 5.74. The molecule has 16 heavy (non-hydrogen) atoms. The van der Waals surface area contributed by atoms with Crippen molar-refractivity contribution in [3.05, 3.63) is 39.0 Å². The molecule has 0 heterocycles. The van der Waals surface area contributed by atoms with E-state index < -0.39 is 0 Å². The molecule has 1 aromatic rings. The van der Waals surface area contributed by atoms with E-state index in [0.717, 1.165) is 0 Å². The van der Waals surface area contributed by atoms with Gasteiger partial charge in [-0.2, -0.15) is 0 Å². The molecule has 0 saturated heterocycles. The SMILES string of the molecule is [Li][C]1(C)C(C)=Cc2c(C)c(C)c(C)c(C)c21. The first kappa shape index (κ1) is 12.0. The van der Waals surface area contributed by atoms with E-state index in [1.54, 1.807) is 5.56 Å². The summed E-state index contributed by atoms with van der Waals surface area (Å²) in [7, 11) is 0. The summed E-state index contributed by atoms with van der Waals surface area (Å²) in [5.74, 6) is 0. The van der Waals surface area contributed by atoms with Crippen LogP contribution >= 0.6 is 0 Å². The van der Waals surface area contributed by atoms with Gasteiger partial charge in [0.15, 0.2) is 0 Å². The third-order valence-corrected chi connectivity index (χ3v) is 4.71. The van der Waals surface area contributed by atoms with Crippen LogP contribution in [-0.4, -0.2) is 17.7 Å². The van der Waals surface area contributed by atoms with Crippen LogP contribution in [0.25, 0.3) is 6.08 Å². The standard InChI is InChI=1S/C15H19.Li/c1-8-7-14-12(5)10(3)11(4)13(6)15(14)9(8)2;/h7H,1-6H3;. The van der Waals surface area contributed by atoms with Gasteiger partial charge in [0.1, 0.15) is 0 Å². The molecular formula is C15H19Li. The van der Waals surface area contributed by atoms with Crippen molar-refractivity contribution in [1.82, 2.24) is 0 Å². The van der Waals surface area contributed by atoms with Gasteiger partial charge in [0.05, 0.1) is 0 Å². The summed E-state index contributed by atoms with van der Waals surface area (Å²) in [6.07, 6.45) is 2.38. The summed E-state index contributed by atoms with van der Waals surface area (Å²) in [5, 5.41) is 0. The molecule has 0 N–H and O–H groups in total. The Bertz CT molecular complexity index is 505. The Hall–Kier alpha value is -0.443. The number of benzene rings is 1. The molecule has 0 amide bonds. The molecule has 0 bridgehead atoms. The number of hydrogen-bond acceptors (Lipinski definition) is 0. The molecule has 1 aromatic carbocycles. The van der Waals surface area contributed by atoms with E-state index in [4.69, 9.17) is 0 Å². The van der Waals surface area contributed by atoms with Crippen LogP contribution in [0.3, 0.4) is 0 Å². The molecule has 2 rings (SSSR count). The number of fused-ring (bicyclic) bond motifs is 1. The summed E-state index contributed by atoms with van der Waals surface area (Å²) in [6, 6.07) is 0. The van der Waals surface area contributed by atoms with Crippen LogP contribution < -0.4 is 0 Å². The van der Waals surface area contributed by atoms with Crippen molar-refractivity contribution >= 4 is 23.8 Å².